The SMILES string of the molecule is C=CCn1c(SCC(=O)Nc2sc3c(c2C(=O)OCC)CCCCC3)nnc1-c1ccc(C(C)(C)C)cc1. The molecule has 0 aliphatic heterocycles. The summed E-state index contributed by atoms with van der Waals surface area (Å²) in [5, 5.41) is 13.0. The average molecular weight is 553 g/mol. The monoisotopic (exact) mass is 552 g/mol. The summed E-state index contributed by atoms with van der Waals surface area (Å²) in [5.41, 5.74) is 3.85. The van der Waals surface area contributed by atoms with Gasteiger partial charge in [0.15, 0.2) is 11.0 Å². The molecule has 3 aromatic rings. The first kappa shape index (κ1) is 28.1. The molecule has 202 valence electrons. The van der Waals surface area contributed by atoms with Gasteiger partial charge in [-0.3, -0.25) is 9.36 Å². The zero-order valence-electron chi connectivity index (χ0n) is 22.6. The molecule has 1 aliphatic rings. The number of aryl methyl sites for hydroxylation is 1. The zero-order chi connectivity index (χ0) is 27.3. The molecule has 1 N–H and O–H groups in total. The number of rotatable bonds is 9. The lowest BCUT2D eigenvalue weighted by atomic mass is 9.87. The van der Waals surface area contributed by atoms with E-state index in [4.69, 9.17) is 4.74 Å². The quantitative estimate of drug-likeness (QED) is 0.138. The van der Waals surface area contributed by atoms with Crippen LogP contribution in [0.3, 0.4) is 0 Å². The maximum absolute atomic E-state index is 13.0. The summed E-state index contributed by atoms with van der Waals surface area (Å²) in [4.78, 5) is 27.0. The van der Waals surface area contributed by atoms with Crippen LogP contribution in [0.4, 0.5) is 5.00 Å². The van der Waals surface area contributed by atoms with Crippen LogP contribution in [0, 0.1) is 0 Å². The van der Waals surface area contributed by atoms with Crippen LogP contribution in [0.5, 0.6) is 0 Å². The van der Waals surface area contributed by atoms with E-state index in [0.29, 0.717) is 28.9 Å². The maximum atomic E-state index is 13.0. The number of thioether (sulfide) groups is 1. The number of allylic oxidation sites excluding steroid dienone is 1. The van der Waals surface area contributed by atoms with Gasteiger partial charge in [-0.1, -0.05) is 69.3 Å². The number of nitrogens with zero attached hydrogens (tertiary/aromatic N) is 3. The largest absolute Gasteiger partial charge is 0.462 e. The van der Waals surface area contributed by atoms with E-state index in [0.717, 1.165) is 49.1 Å². The lowest BCUT2D eigenvalue weighted by Gasteiger charge is -2.19. The van der Waals surface area contributed by atoms with Gasteiger partial charge in [0.25, 0.3) is 0 Å². The Morgan fingerprint density at radius 2 is 1.89 bits per heavy atom. The topological polar surface area (TPSA) is 86.1 Å². The summed E-state index contributed by atoms with van der Waals surface area (Å²) in [7, 11) is 0. The van der Waals surface area contributed by atoms with Gasteiger partial charge in [-0.25, -0.2) is 4.79 Å². The first-order valence-electron chi connectivity index (χ1n) is 13.1. The lowest BCUT2D eigenvalue weighted by molar-refractivity contribution is -0.113. The van der Waals surface area contributed by atoms with Gasteiger partial charge in [0.1, 0.15) is 5.00 Å². The van der Waals surface area contributed by atoms with Crippen molar-refractivity contribution in [2.45, 2.75) is 76.9 Å². The number of aromatic nitrogens is 3. The van der Waals surface area contributed by atoms with Crippen LogP contribution < -0.4 is 5.32 Å². The first-order chi connectivity index (χ1) is 18.2. The van der Waals surface area contributed by atoms with Crippen molar-refractivity contribution in [3.63, 3.8) is 0 Å². The van der Waals surface area contributed by atoms with Crippen molar-refractivity contribution >= 4 is 40.0 Å². The number of hydrogen-bond acceptors (Lipinski definition) is 7. The summed E-state index contributed by atoms with van der Waals surface area (Å²) in [6, 6.07) is 8.35. The molecule has 2 aromatic heterocycles. The zero-order valence-corrected chi connectivity index (χ0v) is 24.3. The summed E-state index contributed by atoms with van der Waals surface area (Å²) in [6.07, 6.45) is 6.86. The Morgan fingerprint density at radius 1 is 1.16 bits per heavy atom. The number of thiophene rings is 1. The molecule has 0 spiro atoms. The minimum absolute atomic E-state index is 0.0654. The lowest BCUT2D eigenvalue weighted by Crippen LogP contribution is -2.17. The molecule has 0 atom stereocenters. The van der Waals surface area contributed by atoms with Crippen LogP contribution in [0.1, 0.15) is 73.3 Å². The van der Waals surface area contributed by atoms with Crippen molar-refractivity contribution in [1.29, 1.82) is 0 Å². The molecule has 1 aromatic carbocycles. The van der Waals surface area contributed by atoms with Gasteiger partial charge in [0.05, 0.1) is 17.9 Å². The van der Waals surface area contributed by atoms with Crippen LogP contribution in [-0.2, 0) is 34.3 Å². The van der Waals surface area contributed by atoms with E-state index in [1.54, 1.807) is 13.0 Å². The van der Waals surface area contributed by atoms with Crippen LogP contribution >= 0.6 is 23.1 Å². The number of amides is 1. The van der Waals surface area contributed by atoms with E-state index in [1.807, 2.05) is 4.57 Å². The van der Waals surface area contributed by atoms with E-state index in [1.165, 1.54) is 33.5 Å². The normalized spacial score (nSPS) is 13.5. The number of esters is 1. The summed E-state index contributed by atoms with van der Waals surface area (Å²) < 4.78 is 7.30. The summed E-state index contributed by atoms with van der Waals surface area (Å²) >= 11 is 2.82. The predicted molar refractivity (Wildman–Crippen MR) is 155 cm³/mol. The van der Waals surface area contributed by atoms with E-state index in [2.05, 4.69) is 67.1 Å². The highest BCUT2D eigenvalue weighted by atomic mass is 32.2. The number of anilines is 1. The number of fused-ring (bicyclic) bond motifs is 1. The Balaban J connectivity index is 1.50. The molecule has 0 saturated heterocycles. The number of nitrogens with one attached hydrogen (secondary N) is 1. The van der Waals surface area contributed by atoms with E-state index in [-0.39, 0.29) is 23.0 Å². The van der Waals surface area contributed by atoms with Gasteiger partial charge in [0.2, 0.25) is 5.91 Å². The summed E-state index contributed by atoms with van der Waals surface area (Å²) in [6.45, 7) is 13.1. The van der Waals surface area contributed by atoms with Gasteiger partial charge in [-0.05, 0) is 49.1 Å². The van der Waals surface area contributed by atoms with Crippen LogP contribution in [0.15, 0.2) is 42.1 Å². The molecule has 0 unspecified atom stereocenters. The molecule has 7 nitrogen and oxygen atoms in total. The molecule has 0 saturated carbocycles. The van der Waals surface area contributed by atoms with Crippen molar-refractivity contribution in [3.8, 4) is 11.4 Å². The first-order valence-corrected chi connectivity index (χ1v) is 14.9. The van der Waals surface area contributed by atoms with E-state index < -0.39 is 0 Å². The van der Waals surface area contributed by atoms with Gasteiger partial charge in [0, 0.05) is 17.0 Å². The molecule has 1 aliphatic carbocycles. The second-order valence-electron chi connectivity index (χ2n) is 10.4. The molecular weight excluding hydrogens is 516 g/mol. The Hall–Kier alpha value is -2.91. The number of carbonyl (C=O) groups is 2. The summed E-state index contributed by atoms with van der Waals surface area (Å²) in [5.74, 6) is 0.326. The Bertz CT molecular complexity index is 1300. The standard InChI is InChI=1S/C29H36N4O3S2/c1-6-17-33-25(19-13-15-20(16-14-19)29(3,4)5)31-32-28(33)37-18-23(34)30-26-24(27(35)36-7-2)21-11-9-8-10-12-22(21)38-26/h6,13-16H,1,7-12,17-18H2,2-5H3,(H,30,34). The highest BCUT2D eigenvalue weighted by Crippen LogP contribution is 2.38. The van der Waals surface area contributed by atoms with Crippen molar-refractivity contribution in [2.24, 2.45) is 0 Å². The Kier molecular flexibility index (Phi) is 9.10. The van der Waals surface area contributed by atoms with Crippen LogP contribution in [-0.4, -0.2) is 39.0 Å². The van der Waals surface area contributed by atoms with Gasteiger partial charge in [-0.15, -0.1) is 28.1 Å². The molecular formula is C29H36N4O3S2. The number of carbonyl (C=O) groups excluding carboxylic acids is 2. The Morgan fingerprint density at radius 3 is 2.58 bits per heavy atom. The molecule has 0 fully saturated rings. The van der Waals surface area contributed by atoms with E-state index >= 15 is 0 Å². The molecule has 0 bridgehead atoms. The molecule has 0 radical (unpaired) electrons. The number of hydrogen-bond donors (Lipinski definition) is 1. The maximum Gasteiger partial charge on any atom is 0.341 e. The molecule has 2 heterocycles. The molecule has 9 heteroatoms. The van der Waals surface area contributed by atoms with Crippen molar-refractivity contribution in [1.82, 2.24) is 14.8 Å². The fourth-order valence-electron chi connectivity index (χ4n) is 4.56. The smallest absolute Gasteiger partial charge is 0.341 e. The van der Waals surface area contributed by atoms with Gasteiger partial charge < -0.3 is 10.1 Å². The van der Waals surface area contributed by atoms with Crippen molar-refractivity contribution < 1.29 is 14.3 Å². The fraction of sp³-hybridized carbons (Fsp3) is 0.448. The minimum atomic E-state index is -0.359. The minimum Gasteiger partial charge on any atom is -0.462 e. The predicted octanol–water partition coefficient (Wildman–Crippen LogP) is 6.67. The van der Waals surface area contributed by atoms with Crippen LogP contribution in [0.25, 0.3) is 11.4 Å². The van der Waals surface area contributed by atoms with E-state index in [9.17, 15) is 9.59 Å². The molecule has 38 heavy (non-hydrogen) atoms. The van der Waals surface area contributed by atoms with Crippen LogP contribution in [0.2, 0.25) is 0 Å². The average Bonchev–Trinajstić information content (AvgIpc) is 3.35. The molecule has 1 amide bonds. The van der Waals surface area contributed by atoms with Crippen molar-refractivity contribution in [3.05, 3.63) is 58.5 Å². The second-order valence-corrected chi connectivity index (χ2v) is 12.4. The fourth-order valence-corrected chi connectivity index (χ4v) is 6.61. The number of ether oxygens (including phenoxy) is 1. The van der Waals surface area contributed by atoms with Crippen molar-refractivity contribution in [2.75, 3.05) is 17.7 Å². The highest BCUT2D eigenvalue weighted by molar-refractivity contribution is 7.99. The Labute approximate surface area is 233 Å². The van der Waals surface area contributed by atoms with Gasteiger partial charge >= 0.3 is 5.97 Å². The second kappa shape index (κ2) is 12.3. The third-order valence-electron chi connectivity index (χ3n) is 6.52. The molecule has 4 rings (SSSR count). The third-order valence-corrected chi connectivity index (χ3v) is 8.70. The highest BCUT2D eigenvalue weighted by Gasteiger charge is 2.27. The number of benzene rings is 1. The van der Waals surface area contributed by atoms with Gasteiger partial charge in [-0.2, -0.15) is 0 Å². The third kappa shape index (κ3) is 6.38.